The van der Waals surface area contributed by atoms with Gasteiger partial charge >= 0.3 is 0 Å². The van der Waals surface area contributed by atoms with Crippen LogP contribution in [0.1, 0.15) is 34.1 Å². The van der Waals surface area contributed by atoms with Gasteiger partial charge in [0.25, 0.3) is 0 Å². The fraction of sp³-hybridized carbons (Fsp3) is 0.600. The molecule has 0 nitrogen and oxygen atoms in total. The average molecular weight is 226 g/mol. The molecule has 0 aromatic carbocycles. The Morgan fingerprint density at radius 1 is 1.36 bits per heavy atom. The van der Waals surface area contributed by atoms with Crippen LogP contribution in [-0.4, -0.2) is 0 Å². The minimum Gasteiger partial charge on any atom is -0.269 e. The zero-order valence-corrected chi connectivity index (χ0v) is 10.2. The van der Waals surface area contributed by atoms with Gasteiger partial charge in [-0.1, -0.05) is 27.7 Å². The second kappa shape index (κ2) is 3.85. The summed E-state index contributed by atoms with van der Waals surface area (Å²) in [6, 6.07) is 0. The van der Waals surface area contributed by atoms with E-state index in [4.69, 9.17) is 0 Å². The second-order valence-corrected chi connectivity index (χ2v) is 3.96. The molecule has 0 aromatic rings. The fourth-order valence-electron chi connectivity index (χ4n) is 1.08. The molecule has 0 aliphatic heterocycles. The Bertz CT molecular complexity index is 191. The van der Waals surface area contributed by atoms with Crippen molar-refractivity contribution in [1.29, 1.82) is 0 Å². The van der Waals surface area contributed by atoms with Gasteiger partial charge in [0.2, 0.25) is 0 Å². The van der Waals surface area contributed by atoms with Gasteiger partial charge in [0.1, 0.15) is 0 Å². The van der Waals surface area contributed by atoms with E-state index in [2.05, 4.69) is 39.8 Å². The first-order chi connectivity index (χ1) is 4.50. The SMILES string of the molecule is CC1=[C-]CC(C(C)(C)C)=C1.[Zr]. The summed E-state index contributed by atoms with van der Waals surface area (Å²) in [7, 11) is 0. The summed E-state index contributed by atoms with van der Waals surface area (Å²) in [6.07, 6.45) is 6.59. The van der Waals surface area contributed by atoms with E-state index in [0.29, 0.717) is 5.41 Å². The van der Waals surface area contributed by atoms with Crippen LogP contribution < -0.4 is 0 Å². The number of hydrogen-bond donors (Lipinski definition) is 0. The smallest absolute Gasteiger partial charge is 0 e. The molecular weight excluding hydrogens is 211 g/mol. The number of allylic oxidation sites excluding steroid dienone is 4. The predicted molar refractivity (Wildman–Crippen MR) is 44.6 cm³/mol. The van der Waals surface area contributed by atoms with Crippen molar-refractivity contribution in [2.24, 2.45) is 5.41 Å². The molecule has 0 aromatic heterocycles. The third kappa shape index (κ3) is 3.07. The van der Waals surface area contributed by atoms with E-state index in [-0.39, 0.29) is 26.2 Å². The quantitative estimate of drug-likeness (QED) is 0.557. The van der Waals surface area contributed by atoms with Gasteiger partial charge in [-0.3, -0.25) is 6.08 Å². The Balaban J connectivity index is 0.000001000. The van der Waals surface area contributed by atoms with Gasteiger partial charge in [0.05, 0.1) is 0 Å². The maximum absolute atomic E-state index is 3.30. The van der Waals surface area contributed by atoms with Crippen LogP contribution in [0.15, 0.2) is 17.2 Å². The van der Waals surface area contributed by atoms with Crippen molar-refractivity contribution < 1.29 is 26.2 Å². The number of rotatable bonds is 0. The molecule has 0 unspecified atom stereocenters. The van der Waals surface area contributed by atoms with Gasteiger partial charge in [0, 0.05) is 26.2 Å². The van der Waals surface area contributed by atoms with Crippen LogP contribution in [0.25, 0.3) is 0 Å². The first kappa shape index (κ1) is 11.4. The van der Waals surface area contributed by atoms with Crippen LogP contribution in [0.2, 0.25) is 0 Å². The van der Waals surface area contributed by atoms with E-state index in [0.717, 1.165) is 6.42 Å². The minimum absolute atomic E-state index is 0. The van der Waals surface area contributed by atoms with Crippen molar-refractivity contribution in [3.63, 3.8) is 0 Å². The summed E-state index contributed by atoms with van der Waals surface area (Å²) in [4.78, 5) is 0. The molecule has 1 aliphatic carbocycles. The van der Waals surface area contributed by atoms with Crippen LogP contribution in [0.5, 0.6) is 0 Å². The molecule has 0 radical (unpaired) electrons. The molecule has 0 bridgehead atoms. The zero-order valence-electron chi connectivity index (χ0n) is 7.78. The van der Waals surface area contributed by atoms with E-state index in [1.54, 1.807) is 0 Å². The average Bonchev–Trinajstić information content (AvgIpc) is 2.11. The second-order valence-electron chi connectivity index (χ2n) is 3.96. The van der Waals surface area contributed by atoms with Crippen molar-refractivity contribution in [1.82, 2.24) is 0 Å². The van der Waals surface area contributed by atoms with Crippen LogP contribution in [0, 0.1) is 11.5 Å². The molecule has 0 heterocycles. The minimum atomic E-state index is 0. The molecule has 0 N–H and O–H groups in total. The molecular formula is C10H15Zr-. The summed E-state index contributed by atoms with van der Waals surface area (Å²) < 4.78 is 0. The van der Waals surface area contributed by atoms with E-state index in [1.165, 1.54) is 11.1 Å². The maximum atomic E-state index is 3.30. The van der Waals surface area contributed by atoms with Crippen LogP contribution in [0.4, 0.5) is 0 Å². The van der Waals surface area contributed by atoms with Gasteiger partial charge in [-0.15, -0.1) is 6.42 Å². The zero-order chi connectivity index (χ0) is 7.78. The third-order valence-electron chi connectivity index (χ3n) is 1.91. The molecule has 11 heavy (non-hydrogen) atoms. The first-order valence-electron chi connectivity index (χ1n) is 3.78. The van der Waals surface area contributed by atoms with E-state index in [9.17, 15) is 0 Å². The fourth-order valence-corrected chi connectivity index (χ4v) is 1.08. The summed E-state index contributed by atoms with van der Waals surface area (Å²) >= 11 is 0. The number of hydrogen-bond acceptors (Lipinski definition) is 0. The predicted octanol–water partition coefficient (Wildman–Crippen LogP) is 3.11. The maximum Gasteiger partial charge on any atom is 0 e. The van der Waals surface area contributed by atoms with E-state index in [1.807, 2.05) is 0 Å². The summed E-state index contributed by atoms with van der Waals surface area (Å²) in [5.74, 6) is 0. The van der Waals surface area contributed by atoms with Crippen molar-refractivity contribution in [3.8, 4) is 0 Å². The summed E-state index contributed by atoms with van der Waals surface area (Å²) in [5, 5.41) is 0. The third-order valence-corrected chi connectivity index (χ3v) is 1.91. The van der Waals surface area contributed by atoms with Crippen molar-refractivity contribution >= 4 is 0 Å². The molecule has 60 valence electrons. The Kier molecular flexibility index (Phi) is 3.98. The Morgan fingerprint density at radius 2 is 1.91 bits per heavy atom. The normalized spacial score (nSPS) is 17.1. The molecule has 0 atom stereocenters. The molecule has 0 spiro atoms. The Morgan fingerprint density at radius 3 is 2.09 bits per heavy atom. The van der Waals surface area contributed by atoms with Crippen molar-refractivity contribution in [3.05, 3.63) is 23.3 Å². The Labute approximate surface area is 88.9 Å². The van der Waals surface area contributed by atoms with Gasteiger partial charge in [-0.25, -0.2) is 11.6 Å². The molecule has 0 amide bonds. The van der Waals surface area contributed by atoms with E-state index < -0.39 is 0 Å². The molecule has 0 saturated carbocycles. The van der Waals surface area contributed by atoms with Gasteiger partial charge in [-0.05, 0) is 5.41 Å². The van der Waals surface area contributed by atoms with Crippen LogP contribution in [-0.2, 0) is 26.2 Å². The standard InChI is InChI=1S/C10H15.Zr/c1-8-5-6-9(7-8)10(2,3)4;/h7H,6H2,1-4H3;/q-1;. The van der Waals surface area contributed by atoms with Crippen LogP contribution in [0.3, 0.4) is 0 Å². The molecule has 0 saturated heterocycles. The van der Waals surface area contributed by atoms with Gasteiger partial charge in [0.15, 0.2) is 0 Å². The molecule has 1 rings (SSSR count). The van der Waals surface area contributed by atoms with Crippen molar-refractivity contribution in [2.45, 2.75) is 34.1 Å². The van der Waals surface area contributed by atoms with Gasteiger partial charge < -0.3 is 0 Å². The topological polar surface area (TPSA) is 0 Å². The molecule has 1 heteroatoms. The Hall–Kier alpha value is 0.363. The molecule has 1 aliphatic rings. The van der Waals surface area contributed by atoms with Crippen molar-refractivity contribution in [2.75, 3.05) is 0 Å². The van der Waals surface area contributed by atoms with Gasteiger partial charge in [-0.2, -0.15) is 5.57 Å². The summed E-state index contributed by atoms with van der Waals surface area (Å²) in [6.45, 7) is 8.86. The summed E-state index contributed by atoms with van der Waals surface area (Å²) in [5.41, 5.74) is 3.14. The molecule has 0 fully saturated rings. The van der Waals surface area contributed by atoms with E-state index >= 15 is 0 Å². The van der Waals surface area contributed by atoms with Crippen LogP contribution >= 0.6 is 0 Å². The largest absolute Gasteiger partial charge is 0.269 e. The first-order valence-corrected chi connectivity index (χ1v) is 3.78. The monoisotopic (exact) mass is 225 g/mol.